The van der Waals surface area contributed by atoms with Crippen LogP contribution in [0.3, 0.4) is 0 Å². The summed E-state index contributed by atoms with van der Waals surface area (Å²) in [5, 5.41) is 0. The molecule has 16 aliphatic carbocycles. The van der Waals surface area contributed by atoms with Crippen molar-refractivity contribution in [3.8, 4) is 0 Å². The van der Waals surface area contributed by atoms with Crippen LogP contribution in [0.15, 0.2) is 48.6 Å². The Morgan fingerprint density at radius 1 is 0.269 bits per heavy atom. The summed E-state index contributed by atoms with van der Waals surface area (Å²) in [5.74, 6) is 30.3. The Morgan fingerprint density at radius 2 is 0.577 bits per heavy atom. The Kier molecular flexibility index (Phi) is 6.97. The van der Waals surface area contributed by atoms with Gasteiger partial charge in [-0.05, 0) is 243 Å². The van der Waals surface area contributed by atoms with Crippen LogP contribution in [0.2, 0.25) is 0 Å². The summed E-state index contributed by atoms with van der Waals surface area (Å²) in [6.45, 7) is 10.0. The average molecular weight is 697 g/mol. The molecule has 28 unspecified atom stereocenters. The maximum absolute atomic E-state index is 2.55. The lowest BCUT2D eigenvalue weighted by Crippen LogP contribution is -2.34. The first kappa shape index (κ1) is 32.1. The third kappa shape index (κ3) is 4.19. The number of hydrogen-bond donors (Lipinski definition) is 0. The number of rotatable bonds is 0. The molecule has 0 nitrogen and oxygen atoms in total. The van der Waals surface area contributed by atoms with Crippen molar-refractivity contribution >= 4 is 0 Å². The van der Waals surface area contributed by atoms with E-state index in [0.29, 0.717) is 0 Å². The van der Waals surface area contributed by atoms with Crippen LogP contribution in [0.1, 0.15) is 105 Å². The molecule has 16 rings (SSSR count). The number of hydrogen-bond acceptors (Lipinski definition) is 0. The van der Waals surface area contributed by atoms with Gasteiger partial charge in [-0.3, -0.25) is 0 Å². The lowest BCUT2D eigenvalue weighted by molar-refractivity contribution is 0.108. The van der Waals surface area contributed by atoms with Crippen LogP contribution >= 0.6 is 0 Å². The van der Waals surface area contributed by atoms with E-state index in [4.69, 9.17) is 0 Å². The topological polar surface area (TPSA) is 0 Å². The highest BCUT2D eigenvalue weighted by molar-refractivity contribution is 5.23. The first-order chi connectivity index (χ1) is 25.4. The van der Waals surface area contributed by atoms with Gasteiger partial charge in [0.1, 0.15) is 0 Å². The number of allylic oxidation sites excluding steroid dienone is 8. The van der Waals surface area contributed by atoms with Gasteiger partial charge in [0.05, 0.1) is 0 Å². The largest absolute Gasteiger partial charge is 0.0848 e. The highest BCUT2D eigenvalue weighted by atomic mass is 14.7. The summed E-state index contributed by atoms with van der Waals surface area (Å²) in [6.07, 6.45) is 39.0. The Labute approximate surface area is 318 Å². The van der Waals surface area contributed by atoms with E-state index in [1.165, 1.54) is 25.7 Å². The molecule has 0 heteroatoms. The van der Waals surface area contributed by atoms with Crippen molar-refractivity contribution in [2.45, 2.75) is 105 Å². The quantitative estimate of drug-likeness (QED) is 0.175. The predicted octanol–water partition coefficient (Wildman–Crippen LogP) is 12.4. The minimum Gasteiger partial charge on any atom is -0.0848 e. The minimum absolute atomic E-state index is 0.995. The Balaban J connectivity index is 0.0000000751. The van der Waals surface area contributed by atoms with E-state index in [2.05, 4.69) is 76.3 Å². The van der Waals surface area contributed by atoms with Crippen LogP contribution in [0.4, 0.5) is 0 Å². The van der Waals surface area contributed by atoms with Crippen LogP contribution in [-0.2, 0) is 0 Å². The van der Waals surface area contributed by atoms with Crippen LogP contribution in [0.5, 0.6) is 0 Å². The standard InChI is InChI=1S/C14H20.2C13H18.C12H16/c1-7-8(2)12-6-11(7)13-9-3-4-10(5-9)14(12)13;2*1-7-4-10-6-11(7)13-9-3-2-8(5-9)12(10)13;1-2-8-5-7(1)11-9-3-4-10(6-9)12(8)11/h3-4,7-14H,5-6H2,1-2H3;2*2-3,7-13H,4-6H2,1H3;1-2,7-12H,3-6H2. The SMILES string of the molecule is C1=CC2CC1C1C3CCC(C3)C21.CC1C(C)C2CC1C1C3C=CC(C3)C21.CC1CC2CC1C1C3C=CC(C3)C21.CC1CC2CC1C1C3C=CC(C3)C21. The lowest BCUT2D eigenvalue weighted by atomic mass is 9.66. The first-order valence-corrected chi connectivity index (χ1v) is 24.1. The molecular weight excluding hydrogens is 625 g/mol. The summed E-state index contributed by atoms with van der Waals surface area (Å²) in [6, 6.07) is 0. The van der Waals surface area contributed by atoms with E-state index in [1.807, 2.05) is 0 Å². The van der Waals surface area contributed by atoms with Gasteiger partial charge in [0.15, 0.2) is 0 Å². The van der Waals surface area contributed by atoms with Crippen LogP contribution < -0.4 is 0 Å². The zero-order chi connectivity index (χ0) is 34.3. The minimum atomic E-state index is 0.995. The molecule has 52 heavy (non-hydrogen) atoms. The van der Waals surface area contributed by atoms with Gasteiger partial charge in [0.2, 0.25) is 0 Å². The first-order valence-electron chi connectivity index (χ1n) is 24.1. The van der Waals surface area contributed by atoms with Crippen molar-refractivity contribution in [1.29, 1.82) is 0 Å². The summed E-state index contributed by atoms with van der Waals surface area (Å²) in [4.78, 5) is 0. The molecule has 0 N–H and O–H groups in total. The second-order valence-electron chi connectivity index (χ2n) is 23.8. The molecule has 0 amide bonds. The Morgan fingerprint density at radius 3 is 0.942 bits per heavy atom. The van der Waals surface area contributed by atoms with Crippen molar-refractivity contribution in [3.63, 3.8) is 0 Å². The van der Waals surface area contributed by atoms with E-state index in [-0.39, 0.29) is 0 Å². The Hall–Kier alpha value is -1.04. The summed E-state index contributed by atoms with van der Waals surface area (Å²) in [7, 11) is 0. The molecular formula is C52H72. The van der Waals surface area contributed by atoms with Gasteiger partial charge in [-0.15, -0.1) is 0 Å². The molecule has 0 aliphatic heterocycles. The molecule has 280 valence electrons. The fraction of sp³-hybridized carbons (Fsp3) is 0.846. The second kappa shape index (κ2) is 11.3. The van der Waals surface area contributed by atoms with E-state index in [1.54, 1.807) is 51.4 Å². The summed E-state index contributed by atoms with van der Waals surface area (Å²) in [5.41, 5.74) is 0. The monoisotopic (exact) mass is 697 g/mol. The molecule has 0 aromatic heterocycles. The van der Waals surface area contributed by atoms with Crippen molar-refractivity contribution in [2.75, 3.05) is 0 Å². The summed E-state index contributed by atoms with van der Waals surface area (Å²) < 4.78 is 0. The number of fused-ring (bicyclic) bond motifs is 36. The van der Waals surface area contributed by atoms with Gasteiger partial charge >= 0.3 is 0 Å². The van der Waals surface area contributed by atoms with E-state index in [9.17, 15) is 0 Å². The van der Waals surface area contributed by atoms with E-state index in [0.717, 1.165) is 166 Å². The van der Waals surface area contributed by atoms with Crippen molar-refractivity contribution in [1.82, 2.24) is 0 Å². The zero-order valence-corrected chi connectivity index (χ0v) is 33.3. The fourth-order valence-electron chi connectivity index (χ4n) is 21.3. The van der Waals surface area contributed by atoms with Gasteiger partial charge in [-0.2, -0.15) is 0 Å². The molecule has 0 spiro atoms. The zero-order valence-electron chi connectivity index (χ0n) is 33.3. The van der Waals surface area contributed by atoms with Crippen LogP contribution in [0.25, 0.3) is 0 Å². The van der Waals surface area contributed by atoms with Crippen LogP contribution in [0, 0.1) is 166 Å². The van der Waals surface area contributed by atoms with Gasteiger partial charge in [-0.25, -0.2) is 0 Å². The van der Waals surface area contributed by atoms with Gasteiger partial charge < -0.3 is 0 Å². The fourth-order valence-corrected chi connectivity index (χ4v) is 21.3. The molecule has 0 saturated heterocycles. The highest BCUT2D eigenvalue weighted by Gasteiger charge is 2.63. The molecule has 0 radical (unpaired) electrons. The highest BCUT2D eigenvalue weighted by Crippen LogP contribution is 2.70. The second-order valence-corrected chi connectivity index (χ2v) is 23.8. The van der Waals surface area contributed by atoms with Crippen LogP contribution in [-0.4, -0.2) is 0 Å². The van der Waals surface area contributed by atoms with Gasteiger partial charge in [0, 0.05) is 0 Å². The normalized spacial score (nSPS) is 66.4. The third-order valence-electron chi connectivity index (χ3n) is 22.7. The average Bonchev–Trinajstić information content (AvgIpc) is 4.00. The van der Waals surface area contributed by atoms with Gasteiger partial charge in [0.25, 0.3) is 0 Å². The molecule has 28 atom stereocenters. The maximum Gasteiger partial charge on any atom is -0.0194 e. The lowest BCUT2D eigenvalue weighted by Gasteiger charge is -2.39. The third-order valence-corrected chi connectivity index (χ3v) is 22.7. The molecule has 12 saturated carbocycles. The summed E-state index contributed by atoms with van der Waals surface area (Å²) >= 11 is 0. The van der Waals surface area contributed by atoms with Crippen molar-refractivity contribution < 1.29 is 0 Å². The maximum atomic E-state index is 2.55. The molecule has 12 fully saturated rings. The van der Waals surface area contributed by atoms with E-state index < -0.39 is 0 Å². The smallest absolute Gasteiger partial charge is 0.0194 e. The van der Waals surface area contributed by atoms with E-state index >= 15 is 0 Å². The Bertz CT molecular complexity index is 1470. The molecule has 0 heterocycles. The van der Waals surface area contributed by atoms with Gasteiger partial charge in [-0.1, -0.05) is 76.3 Å². The van der Waals surface area contributed by atoms with Crippen molar-refractivity contribution in [3.05, 3.63) is 48.6 Å². The predicted molar refractivity (Wildman–Crippen MR) is 212 cm³/mol. The molecule has 0 aromatic carbocycles. The molecule has 16 bridgehead atoms. The molecule has 0 aromatic rings. The van der Waals surface area contributed by atoms with Crippen molar-refractivity contribution in [2.24, 2.45) is 166 Å². The molecule has 16 aliphatic rings.